The highest BCUT2D eigenvalue weighted by Crippen LogP contribution is 2.30. The molecule has 30 heavy (non-hydrogen) atoms. The van der Waals surface area contributed by atoms with Gasteiger partial charge in [0.15, 0.2) is 5.69 Å². The summed E-state index contributed by atoms with van der Waals surface area (Å²) >= 11 is 0. The highest BCUT2D eigenvalue weighted by atomic mass is 19.4. The molecule has 2 aromatic carbocycles. The van der Waals surface area contributed by atoms with Crippen LogP contribution in [0.3, 0.4) is 0 Å². The summed E-state index contributed by atoms with van der Waals surface area (Å²) in [6, 6.07) is 12.9. The summed E-state index contributed by atoms with van der Waals surface area (Å²) < 4.78 is 38.0. The van der Waals surface area contributed by atoms with Crippen LogP contribution in [0.2, 0.25) is 0 Å². The van der Waals surface area contributed by atoms with Gasteiger partial charge in [0.05, 0.1) is 16.8 Å². The first-order valence-corrected chi connectivity index (χ1v) is 8.69. The van der Waals surface area contributed by atoms with Gasteiger partial charge in [-0.25, -0.2) is 4.98 Å². The summed E-state index contributed by atoms with van der Waals surface area (Å²) in [5.74, 6) is -1.50. The van der Waals surface area contributed by atoms with E-state index in [1.165, 1.54) is 18.2 Å². The minimum Gasteiger partial charge on any atom is -0.364 e. The monoisotopic (exact) mass is 413 g/mol. The van der Waals surface area contributed by atoms with Crippen LogP contribution in [0, 0.1) is 0 Å². The average Bonchev–Trinajstić information content (AvgIpc) is 3.09. The number of alkyl halides is 3. The second kappa shape index (κ2) is 7.07. The molecule has 0 fully saturated rings. The third-order valence-corrected chi connectivity index (χ3v) is 4.50. The van der Waals surface area contributed by atoms with Crippen molar-refractivity contribution >= 4 is 39.3 Å². The van der Waals surface area contributed by atoms with Crippen molar-refractivity contribution in [1.82, 2.24) is 15.4 Å². The molecule has 5 N–H and O–H groups in total. The van der Waals surface area contributed by atoms with Crippen LogP contribution in [0.1, 0.15) is 26.5 Å². The number of rotatable bonds is 4. The van der Waals surface area contributed by atoms with Crippen molar-refractivity contribution in [2.75, 3.05) is 5.43 Å². The van der Waals surface area contributed by atoms with Crippen molar-refractivity contribution in [2.24, 2.45) is 5.73 Å². The zero-order valence-electron chi connectivity index (χ0n) is 15.2. The first-order chi connectivity index (χ1) is 14.2. The molecule has 4 aromatic rings. The number of halogens is 3. The smallest absolute Gasteiger partial charge is 0.364 e. The number of primary amides is 1. The molecule has 0 aliphatic carbocycles. The van der Waals surface area contributed by atoms with E-state index in [4.69, 9.17) is 5.73 Å². The maximum atomic E-state index is 12.7. The van der Waals surface area contributed by atoms with E-state index in [9.17, 15) is 22.8 Å². The van der Waals surface area contributed by atoms with Crippen LogP contribution in [0.25, 0.3) is 21.8 Å². The van der Waals surface area contributed by atoms with Crippen LogP contribution in [-0.4, -0.2) is 21.8 Å². The zero-order chi connectivity index (χ0) is 21.5. The molecule has 0 radical (unpaired) electrons. The number of carbonyl (C=O) groups is 2. The summed E-state index contributed by atoms with van der Waals surface area (Å²) in [5, 5.41) is 1.37. The van der Waals surface area contributed by atoms with E-state index in [-0.39, 0.29) is 17.1 Å². The number of nitrogens with zero attached hydrogens (tertiary/aromatic N) is 1. The highest BCUT2D eigenvalue weighted by molar-refractivity contribution is 6.15. The molecule has 0 aliphatic heterocycles. The Hall–Kier alpha value is -4.08. The number of para-hydroxylation sites is 1. The van der Waals surface area contributed by atoms with E-state index < -0.39 is 23.6 Å². The quantitative estimate of drug-likeness (QED) is 0.383. The van der Waals surface area contributed by atoms with Gasteiger partial charge < -0.3 is 10.7 Å². The number of pyridine rings is 1. The van der Waals surface area contributed by atoms with E-state index in [1.807, 2.05) is 18.2 Å². The van der Waals surface area contributed by atoms with Crippen molar-refractivity contribution in [2.45, 2.75) is 6.18 Å². The molecule has 0 saturated carbocycles. The normalized spacial score (nSPS) is 11.6. The van der Waals surface area contributed by atoms with Crippen LogP contribution in [0.15, 0.2) is 54.6 Å². The fourth-order valence-corrected chi connectivity index (χ4v) is 3.07. The molecule has 0 bridgehead atoms. The SMILES string of the molecule is NC(=O)c1cc2c([nH]c3ccccc32)c(C(=O)NNc2ccc(C(F)(F)F)cc2)n1. The molecular formula is C20H14F3N5O2. The number of hydrogen-bond donors (Lipinski definition) is 4. The maximum Gasteiger partial charge on any atom is 0.416 e. The van der Waals surface area contributed by atoms with Gasteiger partial charge in [-0.05, 0) is 36.4 Å². The van der Waals surface area contributed by atoms with Crippen LogP contribution in [0.4, 0.5) is 18.9 Å². The molecule has 0 aliphatic rings. The molecule has 0 unspecified atom stereocenters. The molecule has 2 heterocycles. The Morgan fingerprint density at radius 3 is 2.37 bits per heavy atom. The Morgan fingerprint density at radius 2 is 1.70 bits per heavy atom. The third-order valence-electron chi connectivity index (χ3n) is 4.50. The fourth-order valence-electron chi connectivity index (χ4n) is 3.07. The Balaban J connectivity index is 1.66. The molecule has 0 saturated heterocycles. The van der Waals surface area contributed by atoms with Crippen molar-refractivity contribution in [3.63, 3.8) is 0 Å². The molecule has 2 aromatic heterocycles. The van der Waals surface area contributed by atoms with Crippen molar-refractivity contribution < 1.29 is 22.8 Å². The summed E-state index contributed by atoms with van der Waals surface area (Å²) in [6.45, 7) is 0. The lowest BCUT2D eigenvalue weighted by Gasteiger charge is -2.11. The predicted molar refractivity (Wildman–Crippen MR) is 105 cm³/mol. The summed E-state index contributed by atoms with van der Waals surface area (Å²) in [6.07, 6.45) is -4.46. The minimum atomic E-state index is -4.46. The molecule has 10 heteroatoms. The van der Waals surface area contributed by atoms with E-state index in [0.717, 1.165) is 23.0 Å². The van der Waals surface area contributed by atoms with Crippen molar-refractivity contribution in [3.05, 3.63) is 71.5 Å². The molecule has 7 nitrogen and oxygen atoms in total. The number of carbonyl (C=O) groups excluding carboxylic acids is 2. The fraction of sp³-hybridized carbons (Fsp3) is 0.0500. The Kier molecular flexibility index (Phi) is 4.53. The Morgan fingerprint density at radius 1 is 1.00 bits per heavy atom. The van der Waals surface area contributed by atoms with Crippen LogP contribution >= 0.6 is 0 Å². The van der Waals surface area contributed by atoms with Gasteiger partial charge in [-0.2, -0.15) is 13.2 Å². The van der Waals surface area contributed by atoms with E-state index in [0.29, 0.717) is 10.9 Å². The predicted octanol–water partition coefficient (Wildman–Crippen LogP) is 3.59. The first-order valence-electron chi connectivity index (χ1n) is 8.69. The number of nitrogens with two attached hydrogens (primary N) is 1. The van der Waals surface area contributed by atoms with E-state index in [1.54, 1.807) is 6.07 Å². The summed E-state index contributed by atoms with van der Waals surface area (Å²) in [7, 11) is 0. The number of aromatic nitrogens is 2. The van der Waals surface area contributed by atoms with Crippen molar-refractivity contribution in [3.8, 4) is 0 Å². The Labute approximate surface area is 167 Å². The number of amides is 2. The van der Waals surface area contributed by atoms with E-state index >= 15 is 0 Å². The van der Waals surface area contributed by atoms with Gasteiger partial charge in [0.1, 0.15) is 5.69 Å². The third kappa shape index (κ3) is 3.50. The number of hydrazine groups is 1. The van der Waals surface area contributed by atoms with E-state index in [2.05, 4.69) is 20.8 Å². The topological polar surface area (TPSA) is 113 Å². The first kappa shape index (κ1) is 19.2. The molecule has 2 amide bonds. The number of anilines is 1. The molecule has 152 valence electrons. The lowest BCUT2D eigenvalue weighted by atomic mass is 10.1. The van der Waals surface area contributed by atoms with Gasteiger partial charge in [0.2, 0.25) is 0 Å². The maximum absolute atomic E-state index is 12.7. The average molecular weight is 413 g/mol. The minimum absolute atomic E-state index is 0.0862. The molecule has 4 rings (SSSR count). The number of benzene rings is 2. The van der Waals surface area contributed by atoms with Crippen LogP contribution in [-0.2, 0) is 6.18 Å². The lowest BCUT2D eigenvalue weighted by Crippen LogP contribution is -2.31. The Bertz CT molecular complexity index is 1280. The van der Waals surface area contributed by atoms with Gasteiger partial charge >= 0.3 is 6.18 Å². The number of H-pyrrole nitrogens is 1. The molecular weight excluding hydrogens is 399 g/mol. The van der Waals surface area contributed by atoms with Crippen LogP contribution in [0.5, 0.6) is 0 Å². The van der Waals surface area contributed by atoms with Gasteiger partial charge in [-0.3, -0.25) is 20.4 Å². The second-order valence-corrected chi connectivity index (χ2v) is 6.47. The van der Waals surface area contributed by atoms with Gasteiger partial charge in [-0.1, -0.05) is 18.2 Å². The number of hydrogen-bond acceptors (Lipinski definition) is 4. The molecule has 0 atom stereocenters. The summed E-state index contributed by atoms with van der Waals surface area (Å²) in [4.78, 5) is 31.5. The van der Waals surface area contributed by atoms with Crippen LogP contribution < -0.4 is 16.6 Å². The lowest BCUT2D eigenvalue weighted by molar-refractivity contribution is -0.137. The number of nitrogens with one attached hydrogen (secondary N) is 3. The standard InChI is InChI=1S/C20H14F3N5O2/c21-20(22,23)10-5-7-11(8-6-10)27-28-19(30)17-16-13(9-15(26-17)18(24)29)12-3-1-2-4-14(12)25-16/h1-9,25,27H,(H2,24,29)(H,28,30). The van der Waals surface area contributed by atoms with Gasteiger partial charge in [0, 0.05) is 16.3 Å². The number of fused-ring (bicyclic) bond motifs is 3. The van der Waals surface area contributed by atoms with Gasteiger partial charge in [-0.15, -0.1) is 0 Å². The zero-order valence-corrected chi connectivity index (χ0v) is 15.2. The second-order valence-electron chi connectivity index (χ2n) is 6.47. The highest BCUT2D eigenvalue weighted by Gasteiger charge is 2.30. The van der Waals surface area contributed by atoms with Gasteiger partial charge in [0.25, 0.3) is 11.8 Å². The largest absolute Gasteiger partial charge is 0.416 e. The number of aromatic amines is 1. The molecule has 0 spiro atoms. The van der Waals surface area contributed by atoms with Crippen molar-refractivity contribution in [1.29, 1.82) is 0 Å². The summed E-state index contributed by atoms with van der Waals surface area (Å²) in [5.41, 5.74) is 10.6.